The largest absolute Gasteiger partial charge is 0.324 e. The van der Waals surface area contributed by atoms with Crippen LogP contribution in [0.15, 0.2) is 12.1 Å². The summed E-state index contributed by atoms with van der Waals surface area (Å²) in [6, 6.07) is 3.30. The van der Waals surface area contributed by atoms with Crippen molar-refractivity contribution in [1.29, 1.82) is 0 Å². The first-order chi connectivity index (χ1) is 6.56. The number of benzene rings is 1. The van der Waals surface area contributed by atoms with Crippen LogP contribution >= 0.6 is 34.8 Å². The van der Waals surface area contributed by atoms with Crippen molar-refractivity contribution in [2.45, 2.75) is 25.8 Å². The standard InChI is InChI=1S/C10H12Cl3N/c1-2-3-9(14)7-4-6(11)5-8(12)10(7)13/h4-5,9H,2-3,14H2,1H3/t9-/m0/s1. The average molecular weight is 253 g/mol. The first-order valence-electron chi connectivity index (χ1n) is 4.46. The minimum absolute atomic E-state index is 0.0938. The van der Waals surface area contributed by atoms with Crippen LogP contribution in [0.5, 0.6) is 0 Å². The van der Waals surface area contributed by atoms with Gasteiger partial charge in [0.1, 0.15) is 0 Å². The van der Waals surface area contributed by atoms with E-state index in [1.54, 1.807) is 12.1 Å². The van der Waals surface area contributed by atoms with Gasteiger partial charge in [-0.15, -0.1) is 0 Å². The van der Waals surface area contributed by atoms with E-state index < -0.39 is 0 Å². The van der Waals surface area contributed by atoms with Crippen LogP contribution in [0.4, 0.5) is 0 Å². The molecule has 0 aliphatic heterocycles. The number of hydrogen-bond donors (Lipinski definition) is 1. The number of nitrogens with two attached hydrogens (primary N) is 1. The van der Waals surface area contributed by atoms with E-state index in [0.717, 1.165) is 18.4 Å². The second kappa shape index (κ2) is 5.22. The maximum absolute atomic E-state index is 6.03. The fraction of sp³-hybridized carbons (Fsp3) is 0.400. The fourth-order valence-corrected chi connectivity index (χ4v) is 2.07. The smallest absolute Gasteiger partial charge is 0.0641 e. The summed E-state index contributed by atoms with van der Waals surface area (Å²) in [6.07, 6.45) is 1.87. The first kappa shape index (κ1) is 12.1. The molecule has 1 atom stereocenters. The molecule has 1 nitrogen and oxygen atoms in total. The monoisotopic (exact) mass is 251 g/mol. The summed E-state index contributed by atoms with van der Waals surface area (Å²) in [5.41, 5.74) is 6.77. The molecule has 0 heterocycles. The molecular weight excluding hydrogens is 240 g/mol. The molecule has 0 aliphatic rings. The summed E-state index contributed by atoms with van der Waals surface area (Å²) >= 11 is 17.8. The van der Waals surface area contributed by atoms with Crippen molar-refractivity contribution >= 4 is 34.8 Å². The van der Waals surface area contributed by atoms with E-state index in [-0.39, 0.29) is 6.04 Å². The van der Waals surface area contributed by atoms with E-state index in [1.807, 2.05) is 0 Å². The molecule has 1 rings (SSSR count). The summed E-state index contributed by atoms with van der Waals surface area (Å²) in [7, 11) is 0. The molecule has 78 valence electrons. The van der Waals surface area contributed by atoms with Gasteiger partial charge in [0.2, 0.25) is 0 Å². The molecule has 0 saturated carbocycles. The molecular formula is C10H12Cl3N. The molecule has 0 bridgehead atoms. The highest BCUT2D eigenvalue weighted by molar-refractivity contribution is 6.43. The third kappa shape index (κ3) is 2.77. The van der Waals surface area contributed by atoms with Gasteiger partial charge in [-0.3, -0.25) is 0 Å². The Morgan fingerprint density at radius 3 is 2.50 bits per heavy atom. The van der Waals surface area contributed by atoms with Crippen LogP contribution in [0.3, 0.4) is 0 Å². The Balaban J connectivity index is 3.07. The third-order valence-electron chi connectivity index (χ3n) is 2.02. The zero-order valence-electron chi connectivity index (χ0n) is 7.86. The van der Waals surface area contributed by atoms with Gasteiger partial charge in [-0.2, -0.15) is 0 Å². The summed E-state index contributed by atoms with van der Waals surface area (Å²) in [5.74, 6) is 0. The van der Waals surface area contributed by atoms with Crippen molar-refractivity contribution < 1.29 is 0 Å². The zero-order valence-corrected chi connectivity index (χ0v) is 10.1. The van der Waals surface area contributed by atoms with E-state index in [9.17, 15) is 0 Å². The van der Waals surface area contributed by atoms with Crippen LogP contribution < -0.4 is 5.73 Å². The molecule has 0 spiro atoms. The van der Waals surface area contributed by atoms with E-state index in [4.69, 9.17) is 40.5 Å². The number of rotatable bonds is 3. The van der Waals surface area contributed by atoms with Crippen LogP contribution in [0.25, 0.3) is 0 Å². The van der Waals surface area contributed by atoms with Crippen molar-refractivity contribution in [1.82, 2.24) is 0 Å². The van der Waals surface area contributed by atoms with Gasteiger partial charge < -0.3 is 5.73 Å². The zero-order chi connectivity index (χ0) is 10.7. The molecule has 0 amide bonds. The Bertz CT molecular complexity index is 325. The maximum Gasteiger partial charge on any atom is 0.0641 e. The molecule has 1 aromatic carbocycles. The van der Waals surface area contributed by atoms with Gasteiger partial charge in [0.05, 0.1) is 10.0 Å². The van der Waals surface area contributed by atoms with E-state index in [0.29, 0.717) is 15.1 Å². The van der Waals surface area contributed by atoms with Gasteiger partial charge in [-0.05, 0) is 24.1 Å². The van der Waals surface area contributed by atoms with Crippen molar-refractivity contribution in [3.8, 4) is 0 Å². The molecule has 0 fully saturated rings. The lowest BCUT2D eigenvalue weighted by molar-refractivity contribution is 0.639. The highest BCUT2D eigenvalue weighted by Gasteiger charge is 2.12. The lowest BCUT2D eigenvalue weighted by atomic mass is 10.0. The predicted molar refractivity (Wildman–Crippen MR) is 63.3 cm³/mol. The Morgan fingerprint density at radius 1 is 1.29 bits per heavy atom. The molecule has 0 aromatic heterocycles. The van der Waals surface area contributed by atoms with Gasteiger partial charge in [0, 0.05) is 11.1 Å². The average Bonchev–Trinajstić information content (AvgIpc) is 2.11. The molecule has 2 N–H and O–H groups in total. The van der Waals surface area contributed by atoms with E-state index in [1.165, 1.54) is 0 Å². The lowest BCUT2D eigenvalue weighted by Crippen LogP contribution is -2.10. The Morgan fingerprint density at radius 2 is 1.93 bits per heavy atom. The normalized spacial score (nSPS) is 12.9. The summed E-state index contributed by atoms with van der Waals surface area (Å²) < 4.78 is 0. The predicted octanol–water partition coefficient (Wildman–Crippen LogP) is 4.45. The minimum Gasteiger partial charge on any atom is -0.324 e. The molecule has 14 heavy (non-hydrogen) atoms. The van der Waals surface area contributed by atoms with Gasteiger partial charge >= 0.3 is 0 Å². The van der Waals surface area contributed by atoms with Crippen LogP contribution in [-0.4, -0.2) is 0 Å². The molecule has 4 heteroatoms. The second-order valence-electron chi connectivity index (χ2n) is 3.19. The van der Waals surface area contributed by atoms with E-state index in [2.05, 4.69) is 6.92 Å². The fourth-order valence-electron chi connectivity index (χ4n) is 1.31. The lowest BCUT2D eigenvalue weighted by Gasteiger charge is -2.13. The topological polar surface area (TPSA) is 26.0 Å². The minimum atomic E-state index is -0.0938. The molecule has 0 unspecified atom stereocenters. The van der Waals surface area contributed by atoms with E-state index >= 15 is 0 Å². The van der Waals surface area contributed by atoms with Gasteiger partial charge in [-0.25, -0.2) is 0 Å². The molecule has 1 aromatic rings. The van der Waals surface area contributed by atoms with Crippen LogP contribution in [0, 0.1) is 0 Å². The highest BCUT2D eigenvalue weighted by atomic mass is 35.5. The Hall–Kier alpha value is 0.0500. The second-order valence-corrected chi connectivity index (χ2v) is 4.41. The molecule has 0 radical (unpaired) electrons. The van der Waals surface area contributed by atoms with Crippen molar-refractivity contribution in [3.63, 3.8) is 0 Å². The molecule has 0 saturated heterocycles. The van der Waals surface area contributed by atoms with Crippen molar-refractivity contribution in [2.24, 2.45) is 5.73 Å². The molecule has 0 aliphatic carbocycles. The Labute approximate surface area is 99.1 Å². The van der Waals surface area contributed by atoms with Gasteiger partial charge in [-0.1, -0.05) is 48.1 Å². The van der Waals surface area contributed by atoms with Crippen LogP contribution in [0.2, 0.25) is 15.1 Å². The van der Waals surface area contributed by atoms with Gasteiger partial charge in [0.15, 0.2) is 0 Å². The van der Waals surface area contributed by atoms with Crippen LogP contribution in [-0.2, 0) is 0 Å². The summed E-state index contributed by atoms with van der Waals surface area (Å²) in [6.45, 7) is 2.07. The van der Waals surface area contributed by atoms with Crippen LogP contribution in [0.1, 0.15) is 31.4 Å². The van der Waals surface area contributed by atoms with Gasteiger partial charge in [0.25, 0.3) is 0 Å². The summed E-state index contributed by atoms with van der Waals surface area (Å²) in [4.78, 5) is 0. The first-order valence-corrected chi connectivity index (χ1v) is 5.59. The highest BCUT2D eigenvalue weighted by Crippen LogP contribution is 2.33. The number of halogens is 3. The number of hydrogen-bond acceptors (Lipinski definition) is 1. The van der Waals surface area contributed by atoms with Crippen molar-refractivity contribution in [2.75, 3.05) is 0 Å². The third-order valence-corrected chi connectivity index (χ3v) is 3.06. The maximum atomic E-state index is 6.03. The summed E-state index contributed by atoms with van der Waals surface area (Å²) in [5, 5.41) is 1.54. The Kier molecular flexibility index (Phi) is 4.52. The quantitative estimate of drug-likeness (QED) is 0.791. The SMILES string of the molecule is CCC[C@H](N)c1cc(Cl)cc(Cl)c1Cl. The van der Waals surface area contributed by atoms with Crippen molar-refractivity contribution in [3.05, 3.63) is 32.8 Å².